The van der Waals surface area contributed by atoms with Crippen molar-refractivity contribution in [1.29, 1.82) is 0 Å². The summed E-state index contributed by atoms with van der Waals surface area (Å²) in [6.45, 7) is 0. The molecule has 0 N–H and O–H groups in total. The van der Waals surface area contributed by atoms with Gasteiger partial charge in [-0.15, -0.1) is 0 Å². The van der Waals surface area contributed by atoms with Crippen molar-refractivity contribution in [3.05, 3.63) is 0 Å². The highest BCUT2D eigenvalue weighted by Gasteiger charge is 2.71. The van der Waals surface area contributed by atoms with Crippen LogP contribution in [0.25, 0.3) is 0 Å². The molecule has 6 saturated carbocycles. The molecule has 8 heteroatoms. The van der Waals surface area contributed by atoms with E-state index in [1.54, 1.807) is 0 Å². The number of carbonyl (C=O) groups is 2. The Labute approximate surface area is 192 Å². The van der Waals surface area contributed by atoms with Gasteiger partial charge in [-0.05, 0) is 101 Å². The third-order valence-electron chi connectivity index (χ3n) is 9.29. The molecule has 0 atom stereocenters. The molecular formula is C25H34F4O4. The Morgan fingerprint density at radius 2 is 1.12 bits per heavy atom. The van der Waals surface area contributed by atoms with Crippen LogP contribution in [0.2, 0.25) is 0 Å². The monoisotopic (exact) mass is 474 g/mol. The van der Waals surface area contributed by atoms with Crippen molar-refractivity contribution < 1.29 is 36.6 Å². The average molecular weight is 475 g/mol. The fraction of sp³-hybridized carbons (Fsp3) is 0.920. The zero-order chi connectivity index (χ0) is 23.5. The second kappa shape index (κ2) is 8.11. The number of hydrogen-bond donors (Lipinski definition) is 0. The van der Waals surface area contributed by atoms with Gasteiger partial charge in [-0.1, -0.05) is 19.3 Å². The van der Waals surface area contributed by atoms with Gasteiger partial charge in [0.05, 0.1) is 0 Å². The van der Waals surface area contributed by atoms with Crippen LogP contribution in [-0.4, -0.2) is 35.0 Å². The van der Waals surface area contributed by atoms with Gasteiger partial charge in [-0.3, -0.25) is 0 Å². The highest BCUT2D eigenvalue weighted by molar-refractivity contribution is 5.90. The third kappa shape index (κ3) is 3.97. The minimum absolute atomic E-state index is 0.0925. The first-order valence-corrected chi connectivity index (χ1v) is 12.8. The van der Waals surface area contributed by atoms with Crippen molar-refractivity contribution in [3.8, 4) is 0 Å². The van der Waals surface area contributed by atoms with Gasteiger partial charge < -0.3 is 9.47 Å². The van der Waals surface area contributed by atoms with Crippen LogP contribution in [0.3, 0.4) is 0 Å². The topological polar surface area (TPSA) is 52.6 Å². The second-order valence-electron chi connectivity index (χ2n) is 11.6. The summed E-state index contributed by atoms with van der Waals surface area (Å²) in [4.78, 5) is 25.0. The number of hydrogen-bond acceptors (Lipinski definition) is 4. The van der Waals surface area contributed by atoms with Gasteiger partial charge in [-0.2, -0.15) is 17.6 Å². The molecule has 0 aromatic heterocycles. The fourth-order valence-corrected chi connectivity index (χ4v) is 8.12. The SMILES string of the molecule is O=C(OC12CC3CC(CC(C3)C1)C2)C(F)(F)C(F)(F)C(=O)OC1(C2CCCC2)CCCCC1. The lowest BCUT2D eigenvalue weighted by atomic mass is 9.54. The maximum absolute atomic E-state index is 14.9. The van der Waals surface area contributed by atoms with Gasteiger partial charge in [-0.25, -0.2) is 9.59 Å². The van der Waals surface area contributed by atoms with E-state index in [-0.39, 0.29) is 5.92 Å². The summed E-state index contributed by atoms with van der Waals surface area (Å²) in [5.74, 6) is -14.3. The number of halogens is 4. The maximum atomic E-state index is 14.9. The molecule has 0 heterocycles. The molecular weight excluding hydrogens is 440 g/mol. The summed E-state index contributed by atoms with van der Waals surface area (Å²) < 4.78 is 70.0. The summed E-state index contributed by atoms with van der Waals surface area (Å²) in [5, 5.41) is 0. The van der Waals surface area contributed by atoms with Crippen molar-refractivity contribution in [2.75, 3.05) is 0 Å². The summed E-state index contributed by atoms with van der Waals surface area (Å²) in [5.41, 5.74) is -2.22. The molecule has 4 nitrogen and oxygen atoms in total. The normalized spacial score (nSPS) is 36.1. The zero-order valence-electron chi connectivity index (χ0n) is 19.1. The number of esters is 2. The van der Waals surface area contributed by atoms with E-state index in [0.29, 0.717) is 62.7 Å². The average Bonchev–Trinajstić information content (AvgIpc) is 3.28. The first kappa shape index (κ1) is 23.4. The molecule has 6 aliphatic carbocycles. The van der Waals surface area contributed by atoms with E-state index < -0.39 is 35.0 Å². The fourth-order valence-electron chi connectivity index (χ4n) is 8.12. The van der Waals surface area contributed by atoms with E-state index in [0.717, 1.165) is 51.4 Å². The Kier molecular flexibility index (Phi) is 5.75. The number of alkyl halides is 4. The molecule has 0 aliphatic heterocycles. The zero-order valence-corrected chi connectivity index (χ0v) is 19.1. The van der Waals surface area contributed by atoms with Gasteiger partial charge in [0.25, 0.3) is 0 Å². The van der Waals surface area contributed by atoms with Crippen LogP contribution < -0.4 is 0 Å². The van der Waals surface area contributed by atoms with Crippen molar-refractivity contribution in [2.45, 2.75) is 119 Å². The van der Waals surface area contributed by atoms with Crippen LogP contribution in [0.1, 0.15) is 96.3 Å². The van der Waals surface area contributed by atoms with Crippen molar-refractivity contribution in [3.63, 3.8) is 0 Å². The first-order chi connectivity index (χ1) is 15.6. The minimum atomic E-state index is -5.27. The lowest BCUT2D eigenvalue weighted by Gasteiger charge is -2.55. The van der Waals surface area contributed by atoms with Crippen LogP contribution in [0.5, 0.6) is 0 Å². The van der Waals surface area contributed by atoms with Gasteiger partial charge in [0.15, 0.2) is 0 Å². The smallest absolute Gasteiger partial charge is 0.415 e. The molecule has 0 spiro atoms. The second-order valence-corrected chi connectivity index (χ2v) is 11.6. The molecule has 0 radical (unpaired) electrons. The quantitative estimate of drug-likeness (QED) is 0.340. The Hall–Kier alpha value is -1.34. The molecule has 0 unspecified atom stereocenters. The van der Waals surface area contributed by atoms with Gasteiger partial charge >= 0.3 is 23.8 Å². The molecule has 0 amide bonds. The molecule has 186 valence electrons. The van der Waals surface area contributed by atoms with E-state index in [9.17, 15) is 27.2 Å². The number of carbonyl (C=O) groups excluding carboxylic acids is 2. The Morgan fingerprint density at radius 3 is 1.61 bits per heavy atom. The van der Waals surface area contributed by atoms with E-state index >= 15 is 0 Å². The van der Waals surface area contributed by atoms with Crippen molar-refractivity contribution in [2.24, 2.45) is 23.7 Å². The summed E-state index contributed by atoms with van der Waals surface area (Å²) >= 11 is 0. The van der Waals surface area contributed by atoms with Crippen LogP contribution in [0.4, 0.5) is 17.6 Å². The number of ether oxygens (including phenoxy) is 2. The molecule has 0 aromatic rings. The van der Waals surface area contributed by atoms with E-state index in [1.165, 1.54) is 0 Å². The van der Waals surface area contributed by atoms with Gasteiger partial charge in [0.2, 0.25) is 0 Å². The van der Waals surface area contributed by atoms with Crippen molar-refractivity contribution >= 4 is 11.9 Å². The Bertz CT molecular complexity index is 748. The first-order valence-electron chi connectivity index (χ1n) is 12.8. The highest BCUT2D eigenvalue weighted by Crippen LogP contribution is 2.58. The van der Waals surface area contributed by atoms with E-state index in [2.05, 4.69) is 0 Å². The molecule has 6 fully saturated rings. The van der Waals surface area contributed by atoms with Crippen LogP contribution >= 0.6 is 0 Å². The lowest BCUT2D eigenvalue weighted by Crippen LogP contribution is -2.60. The van der Waals surface area contributed by atoms with E-state index in [4.69, 9.17) is 9.47 Å². The van der Waals surface area contributed by atoms with E-state index in [1.807, 2.05) is 0 Å². The minimum Gasteiger partial charge on any atom is -0.454 e. The molecule has 6 rings (SSSR count). The summed E-state index contributed by atoms with van der Waals surface area (Å²) in [6.07, 6.45) is 10.7. The third-order valence-corrected chi connectivity index (χ3v) is 9.29. The lowest BCUT2D eigenvalue weighted by molar-refractivity contribution is -0.260. The van der Waals surface area contributed by atoms with Crippen LogP contribution in [-0.2, 0) is 19.1 Å². The molecule has 6 aliphatic rings. The largest absolute Gasteiger partial charge is 0.454 e. The number of rotatable bonds is 6. The maximum Gasteiger partial charge on any atom is 0.415 e. The molecule has 0 aromatic carbocycles. The predicted molar refractivity (Wildman–Crippen MR) is 111 cm³/mol. The van der Waals surface area contributed by atoms with Crippen LogP contribution in [0.15, 0.2) is 0 Å². The van der Waals surface area contributed by atoms with Gasteiger partial charge in [0, 0.05) is 0 Å². The summed E-state index contributed by atoms with van der Waals surface area (Å²) in [6, 6.07) is 0. The van der Waals surface area contributed by atoms with Gasteiger partial charge in [0.1, 0.15) is 11.2 Å². The van der Waals surface area contributed by atoms with Crippen molar-refractivity contribution in [1.82, 2.24) is 0 Å². The Balaban J connectivity index is 1.31. The predicted octanol–water partition coefficient (Wildman–Crippen LogP) is 6.21. The molecule has 33 heavy (non-hydrogen) atoms. The molecule has 0 saturated heterocycles. The highest BCUT2D eigenvalue weighted by atomic mass is 19.3. The summed E-state index contributed by atoms with van der Waals surface area (Å²) in [7, 11) is 0. The Morgan fingerprint density at radius 1 is 0.667 bits per heavy atom. The van der Waals surface area contributed by atoms with Crippen LogP contribution in [0, 0.1) is 23.7 Å². The standard InChI is InChI=1S/C25H34F4O4/c26-24(27,20(30)32-22-13-16-10-17(14-22)12-18(11-16)15-22)25(28,29)21(31)33-23(8-4-1-5-9-23)19-6-2-3-7-19/h16-19H,1-15H2. The molecule has 4 bridgehead atoms.